The Labute approximate surface area is 253 Å². The van der Waals surface area contributed by atoms with Gasteiger partial charge in [0.1, 0.15) is 16.4 Å². The molecule has 0 atom stereocenters. The van der Waals surface area contributed by atoms with Crippen LogP contribution < -0.4 is 14.2 Å². The summed E-state index contributed by atoms with van der Waals surface area (Å²) in [6.07, 6.45) is 5.03. The molecule has 0 aliphatic heterocycles. The summed E-state index contributed by atoms with van der Waals surface area (Å²) in [7, 11) is -5.26. The number of sulfonamides is 1. The largest absolute Gasteiger partial charge is 0.506 e. The number of hydrogen-bond donors (Lipinski definition) is 3. The van der Waals surface area contributed by atoms with E-state index in [1.165, 1.54) is 25.7 Å². The predicted molar refractivity (Wildman–Crippen MR) is 169 cm³/mol. The third kappa shape index (κ3) is 7.59. The highest BCUT2D eigenvalue weighted by atomic mass is 32.2. The number of aromatic hydroxyl groups is 1. The average Bonchev–Trinajstić information content (AvgIpc) is 2.94. The third-order valence-corrected chi connectivity index (χ3v) is 11.6. The summed E-state index contributed by atoms with van der Waals surface area (Å²) in [5.74, 6) is 0.507. The van der Waals surface area contributed by atoms with Gasteiger partial charge < -0.3 is 9.84 Å². The summed E-state index contributed by atoms with van der Waals surface area (Å²) < 4.78 is 64.0. The Morgan fingerprint density at radius 2 is 1.55 bits per heavy atom. The molecule has 236 valence electrons. The monoisotopic (exact) mass is 623 g/mol. The van der Waals surface area contributed by atoms with Crippen LogP contribution in [0.1, 0.15) is 95.9 Å². The molecule has 3 N–H and O–H groups in total. The molecule has 2 aromatic carbocycles. The molecule has 0 bridgehead atoms. The van der Waals surface area contributed by atoms with Crippen molar-refractivity contribution >= 4 is 25.9 Å². The molecular weight excluding hydrogens is 574 g/mol. The minimum Gasteiger partial charge on any atom is -0.506 e. The zero-order valence-corrected chi connectivity index (χ0v) is 28.1. The molecule has 0 radical (unpaired) electrons. The third-order valence-electron chi connectivity index (χ3n) is 8.72. The van der Waals surface area contributed by atoms with Crippen molar-refractivity contribution < 1.29 is 26.7 Å². The van der Waals surface area contributed by atoms with E-state index in [1.807, 2.05) is 6.07 Å². The molecule has 1 aliphatic carbocycles. The van der Waals surface area contributed by atoms with Crippen molar-refractivity contribution in [3.05, 3.63) is 46.5 Å². The lowest BCUT2D eigenvalue weighted by Crippen LogP contribution is -2.32. The molecular formula is C31H49N3O6S2. The second-order valence-electron chi connectivity index (χ2n) is 12.6. The van der Waals surface area contributed by atoms with Crippen LogP contribution in [-0.4, -0.2) is 53.5 Å². The first-order valence-corrected chi connectivity index (χ1v) is 17.7. The Morgan fingerprint density at radius 3 is 2.14 bits per heavy atom. The fourth-order valence-corrected chi connectivity index (χ4v) is 7.01. The maximum atomic E-state index is 13.0. The lowest BCUT2D eigenvalue weighted by atomic mass is 9.76. The molecule has 1 aliphatic rings. The number of nitrogens with zero attached hydrogens (tertiary/aromatic N) is 1. The number of rotatable bonds is 14. The highest BCUT2D eigenvalue weighted by molar-refractivity contribution is 7.90. The molecule has 9 nitrogen and oxygen atoms in total. The summed E-state index contributed by atoms with van der Waals surface area (Å²) in [5.41, 5.74) is 3.67. The van der Waals surface area contributed by atoms with Crippen molar-refractivity contribution in [2.24, 2.45) is 0 Å². The number of benzene rings is 2. The van der Waals surface area contributed by atoms with E-state index < -0.39 is 20.2 Å². The van der Waals surface area contributed by atoms with E-state index in [1.54, 1.807) is 0 Å². The first-order chi connectivity index (χ1) is 19.5. The Hall–Kier alpha value is -2.34. The van der Waals surface area contributed by atoms with Crippen LogP contribution in [0.15, 0.2) is 29.2 Å². The molecule has 0 amide bonds. The van der Waals surface area contributed by atoms with Gasteiger partial charge in [-0.25, -0.2) is 12.7 Å². The average molecular weight is 624 g/mol. The van der Waals surface area contributed by atoms with Gasteiger partial charge in [-0.2, -0.15) is 13.1 Å². The zero-order valence-electron chi connectivity index (χ0n) is 26.4. The molecule has 2 aromatic rings. The molecule has 0 fully saturated rings. The van der Waals surface area contributed by atoms with Crippen LogP contribution in [-0.2, 0) is 43.9 Å². The molecule has 11 heteroatoms. The number of fused-ring (bicyclic) bond motifs is 1. The summed E-state index contributed by atoms with van der Waals surface area (Å²) in [6.45, 7) is 13.7. The second kappa shape index (κ2) is 13.1. The van der Waals surface area contributed by atoms with Crippen molar-refractivity contribution in [2.45, 2.75) is 102 Å². The van der Waals surface area contributed by atoms with Gasteiger partial charge in [0, 0.05) is 31.8 Å². The number of phenolic OH excluding ortho intramolecular Hbond substituents is 1. The van der Waals surface area contributed by atoms with Crippen LogP contribution in [0.25, 0.3) is 0 Å². The molecule has 0 aromatic heterocycles. The number of ether oxygens (including phenoxy) is 1. The van der Waals surface area contributed by atoms with Crippen LogP contribution in [0.4, 0.5) is 5.69 Å². The lowest BCUT2D eigenvalue weighted by Gasteiger charge is -2.30. The van der Waals surface area contributed by atoms with E-state index >= 15 is 0 Å². The van der Waals surface area contributed by atoms with E-state index in [2.05, 4.69) is 63.1 Å². The quantitative estimate of drug-likeness (QED) is 0.186. The fourth-order valence-electron chi connectivity index (χ4n) is 5.03. The van der Waals surface area contributed by atoms with E-state index in [-0.39, 0.29) is 33.7 Å². The van der Waals surface area contributed by atoms with Crippen molar-refractivity contribution in [2.75, 3.05) is 32.0 Å². The molecule has 0 saturated heterocycles. The van der Waals surface area contributed by atoms with Crippen molar-refractivity contribution in [3.8, 4) is 11.5 Å². The highest BCUT2D eigenvalue weighted by Gasteiger charge is 2.30. The highest BCUT2D eigenvalue weighted by Crippen LogP contribution is 2.41. The van der Waals surface area contributed by atoms with Gasteiger partial charge in [0.2, 0.25) is 10.0 Å². The molecule has 0 heterocycles. The van der Waals surface area contributed by atoms with Crippen LogP contribution in [0.2, 0.25) is 0 Å². The van der Waals surface area contributed by atoms with E-state index in [0.717, 1.165) is 41.3 Å². The van der Waals surface area contributed by atoms with Gasteiger partial charge in [0.25, 0.3) is 10.2 Å². The van der Waals surface area contributed by atoms with Crippen LogP contribution >= 0.6 is 0 Å². The number of nitrogens with one attached hydrogen (secondary N) is 2. The Bertz CT molecular complexity index is 1480. The molecule has 0 spiro atoms. The second-order valence-corrected chi connectivity index (χ2v) is 16.2. The zero-order chi connectivity index (χ0) is 31.5. The van der Waals surface area contributed by atoms with Gasteiger partial charge in [-0.05, 0) is 79.0 Å². The summed E-state index contributed by atoms with van der Waals surface area (Å²) in [5, 5.41) is 10.8. The number of anilines is 1. The van der Waals surface area contributed by atoms with Gasteiger partial charge in [0.05, 0.1) is 12.3 Å². The first-order valence-electron chi connectivity index (χ1n) is 14.8. The topological polar surface area (TPSA) is 125 Å². The lowest BCUT2D eigenvalue weighted by molar-refractivity contribution is 0.300. The van der Waals surface area contributed by atoms with Gasteiger partial charge >= 0.3 is 0 Å². The molecule has 0 unspecified atom stereocenters. The van der Waals surface area contributed by atoms with Gasteiger partial charge in [0.15, 0.2) is 0 Å². The molecule has 3 rings (SSSR count). The van der Waals surface area contributed by atoms with Crippen molar-refractivity contribution in [1.29, 1.82) is 0 Å². The van der Waals surface area contributed by atoms with Crippen LogP contribution in [0.5, 0.6) is 11.5 Å². The van der Waals surface area contributed by atoms with Crippen molar-refractivity contribution in [3.63, 3.8) is 0 Å². The Balaban J connectivity index is 1.72. The summed E-state index contributed by atoms with van der Waals surface area (Å²) >= 11 is 0. The van der Waals surface area contributed by atoms with Gasteiger partial charge in [-0.1, -0.05) is 53.7 Å². The van der Waals surface area contributed by atoms with E-state index in [9.17, 15) is 21.9 Å². The first kappa shape index (κ1) is 34.2. The van der Waals surface area contributed by atoms with Gasteiger partial charge in [-0.15, -0.1) is 0 Å². The smallest absolute Gasteiger partial charge is 0.299 e. The van der Waals surface area contributed by atoms with Crippen LogP contribution in [0.3, 0.4) is 0 Å². The van der Waals surface area contributed by atoms with Gasteiger partial charge in [-0.3, -0.25) is 4.72 Å². The summed E-state index contributed by atoms with van der Waals surface area (Å²) in [6, 6.07) is 7.61. The minimum atomic E-state index is -4.01. The summed E-state index contributed by atoms with van der Waals surface area (Å²) in [4.78, 5) is -0.307. The minimum absolute atomic E-state index is 0.0521. The standard InChI is InChI=1S/C31H49N3O6S2/c1-9-30(3,4)22-16-17-27(25(20-22)31(5,6)10-2)40-19-13-18-32-42(38,39)33-26-21-28(41(36,37)34(7)8)29(35)24-15-12-11-14-23(24)26/h16-17,20-21,32-33,35H,9-15,18-19H2,1-8H3. The molecule has 42 heavy (non-hydrogen) atoms. The normalized spacial score (nSPS) is 14.6. The van der Waals surface area contributed by atoms with E-state index in [4.69, 9.17) is 4.74 Å². The number of phenols is 1. The SMILES string of the molecule is CCC(C)(C)c1ccc(OCCCNS(=O)(=O)Nc2cc(S(=O)(=O)N(C)C)c(O)c3c2CCCC3)c(C(C)(C)CC)c1. The van der Waals surface area contributed by atoms with Crippen molar-refractivity contribution in [1.82, 2.24) is 9.03 Å². The van der Waals surface area contributed by atoms with Crippen LogP contribution in [0, 0.1) is 0 Å². The maximum absolute atomic E-state index is 13.0. The fraction of sp³-hybridized carbons (Fsp3) is 0.613. The predicted octanol–water partition coefficient (Wildman–Crippen LogP) is 5.61. The Kier molecular flexibility index (Phi) is 10.7. The van der Waals surface area contributed by atoms with E-state index in [0.29, 0.717) is 37.0 Å². The maximum Gasteiger partial charge on any atom is 0.299 e. The Morgan fingerprint density at radius 1 is 0.929 bits per heavy atom. The molecule has 0 saturated carbocycles. The number of hydrogen-bond acceptors (Lipinski definition) is 6.